The van der Waals surface area contributed by atoms with Crippen LogP contribution >= 0.6 is 0 Å². The summed E-state index contributed by atoms with van der Waals surface area (Å²) in [5.74, 6) is -1.18. The van der Waals surface area contributed by atoms with Crippen LogP contribution in [0, 0.1) is 0 Å². The van der Waals surface area contributed by atoms with Crippen LogP contribution in [-0.4, -0.2) is 57.7 Å². The SMILES string of the molecule is CN(C)C(=O)[C@H](OC(=O)c1cccc(S(=O)(=O)N(C)C)c1)c1ccccc1. The van der Waals surface area contributed by atoms with Gasteiger partial charge in [-0.25, -0.2) is 17.5 Å². The number of sulfonamides is 1. The summed E-state index contributed by atoms with van der Waals surface area (Å²) in [4.78, 5) is 26.4. The fraction of sp³-hybridized carbons (Fsp3) is 0.263. The van der Waals surface area contributed by atoms with Gasteiger partial charge >= 0.3 is 5.97 Å². The average molecular weight is 390 g/mol. The highest BCUT2D eigenvalue weighted by molar-refractivity contribution is 7.89. The van der Waals surface area contributed by atoms with E-state index in [9.17, 15) is 18.0 Å². The van der Waals surface area contributed by atoms with E-state index in [-0.39, 0.29) is 10.5 Å². The molecule has 0 aromatic heterocycles. The number of ether oxygens (including phenoxy) is 1. The maximum atomic E-state index is 12.6. The molecule has 0 bridgehead atoms. The lowest BCUT2D eigenvalue weighted by molar-refractivity contribution is -0.138. The Morgan fingerprint density at radius 1 is 0.926 bits per heavy atom. The topological polar surface area (TPSA) is 84.0 Å². The zero-order valence-corrected chi connectivity index (χ0v) is 16.4. The maximum Gasteiger partial charge on any atom is 0.339 e. The summed E-state index contributed by atoms with van der Waals surface area (Å²) in [7, 11) is 2.25. The second-order valence-corrected chi connectivity index (χ2v) is 8.40. The fourth-order valence-corrected chi connectivity index (χ4v) is 3.24. The molecule has 144 valence electrons. The Kier molecular flexibility index (Phi) is 6.35. The first-order valence-corrected chi connectivity index (χ1v) is 9.58. The first-order valence-electron chi connectivity index (χ1n) is 8.14. The maximum absolute atomic E-state index is 12.6. The van der Waals surface area contributed by atoms with Crippen LogP contribution in [0.15, 0.2) is 59.5 Å². The molecule has 0 unspecified atom stereocenters. The number of benzene rings is 2. The number of hydrogen-bond acceptors (Lipinski definition) is 5. The Hall–Kier alpha value is -2.71. The van der Waals surface area contributed by atoms with Crippen molar-refractivity contribution >= 4 is 21.9 Å². The van der Waals surface area contributed by atoms with Crippen molar-refractivity contribution in [2.45, 2.75) is 11.0 Å². The highest BCUT2D eigenvalue weighted by atomic mass is 32.2. The molecule has 8 heteroatoms. The summed E-state index contributed by atoms with van der Waals surface area (Å²) in [5.41, 5.74) is 0.576. The normalized spacial score (nSPS) is 12.5. The molecule has 2 aromatic carbocycles. The van der Waals surface area contributed by atoms with Crippen LogP contribution in [0.25, 0.3) is 0 Å². The fourth-order valence-electron chi connectivity index (χ4n) is 2.29. The van der Waals surface area contributed by atoms with Gasteiger partial charge in [-0.2, -0.15) is 0 Å². The van der Waals surface area contributed by atoms with Gasteiger partial charge in [-0.05, 0) is 18.2 Å². The summed E-state index contributed by atoms with van der Waals surface area (Å²) in [6, 6.07) is 14.2. The molecule has 0 aliphatic rings. The molecule has 0 saturated heterocycles. The first-order chi connectivity index (χ1) is 12.6. The Labute approximate surface area is 159 Å². The summed E-state index contributed by atoms with van der Waals surface area (Å²) in [5, 5.41) is 0. The second kappa shape index (κ2) is 8.32. The van der Waals surface area contributed by atoms with Crippen LogP contribution in [-0.2, 0) is 19.6 Å². The van der Waals surface area contributed by atoms with Gasteiger partial charge in [0.15, 0.2) is 0 Å². The lowest BCUT2D eigenvalue weighted by atomic mass is 10.1. The molecule has 0 saturated carbocycles. The molecule has 0 aliphatic heterocycles. The Morgan fingerprint density at radius 3 is 2.11 bits per heavy atom. The molecular weight excluding hydrogens is 368 g/mol. The van der Waals surface area contributed by atoms with Crippen LogP contribution in [0.4, 0.5) is 0 Å². The molecular formula is C19H22N2O5S. The average Bonchev–Trinajstić information content (AvgIpc) is 2.65. The van der Waals surface area contributed by atoms with Gasteiger partial charge in [0.05, 0.1) is 10.5 Å². The zero-order valence-electron chi connectivity index (χ0n) is 15.6. The third kappa shape index (κ3) is 4.72. The van der Waals surface area contributed by atoms with Crippen LogP contribution < -0.4 is 0 Å². The summed E-state index contributed by atoms with van der Waals surface area (Å²) >= 11 is 0. The van der Waals surface area contributed by atoms with E-state index in [0.717, 1.165) is 4.31 Å². The Morgan fingerprint density at radius 2 is 1.56 bits per heavy atom. The van der Waals surface area contributed by atoms with Gasteiger partial charge in [-0.15, -0.1) is 0 Å². The van der Waals surface area contributed by atoms with Gasteiger partial charge in [-0.1, -0.05) is 36.4 Å². The van der Waals surface area contributed by atoms with Crippen LogP contribution in [0.3, 0.4) is 0 Å². The molecule has 2 aromatic rings. The van der Waals surface area contributed by atoms with E-state index in [4.69, 9.17) is 4.74 Å². The minimum Gasteiger partial charge on any atom is -0.444 e. The van der Waals surface area contributed by atoms with Crippen LogP contribution in [0.2, 0.25) is 0 Å². The molecule has 1 atom stereocenters. The van der Waals surface area contributed by atoms with Crippen LogP contribution in [0.5, 0.6) is 0 Å². The first kappa shape index (κ1) is 20.6. The van der Waals surface area contributed by atoms with Gasteiger partial charge in [0.1, 0.15) is 0 Å². The van der Waals surface area contributed by atoms with E-state index in [1.54, 1.807) is 44.4 Å². The molecule has 0 aliphatic carbocycles. The van der Waals surface area contributed by atoms with Gasteiger partial charge < -0.3 is 9.64 Å². The van der Waals surface area contributed by atoms with E-state index in [1.165, 1.54) is 43.3 Å². The van der Waals surface area contributed by atoms with Crippen molar-refractivity contribution in [1.29, 1.82) is 0 Å². The molecule has 0 radical (unpaired) electrons. The number of likely N-dealkylation sites (N-methyl/N-ethyl adjacent to an activating group) is 1. The number of nitrogens with zero attached hydrogens (tertiary/aromatic N) is 2. The third-order valence-electron chi connectivity index (χ3n) is 3.84. The van der Waals surface area contributed by atoms with E-state index < -0.39 is 28.0 Å². The number of amides is 1. The van der Waals surface area contributed by atoms with E-state index in [1.807, 2.05) is 0 Å². The van der Waals surface area contributed by atoms with Crippen molar-refractivity contribution in [2.75, 3.05) is 28.2 Å². The standard InChI is InChI=1S/C19H22N2O5S/c1-20(2)18(22)17(14-9-6-5-7-10-14)26-19(23)15-11-8-12-16(13-15)27(24,25)21(3)4/h5-13,17H,1-4H3/t17-/m1/s1. The zero-order chi connectivity index (χ0) is 20.2. The van der Waals surface area contributed by atoms with Crippen molar-refractivity contribution < 1.29 is 22.7 Å². The largest absolute Gasteiger partial charge is 0.444 e. The van der Waals surface area contributed by atoms with Crippen molar-refractivity contribution in [3.63, 3.8) is 0 Å². The minimum absolute atomic E-state index is 0.0304. The molecule has 0 N–H and O–H groups in total. The highest BCUT2D eigenvalue weighted by Crippen LogP contribution is 2.22. The minimum atomic E-state index is -3.69. The molecule has 0 spiro atoms. The van der Waals surface area contributed by atoms with E-state index >= 15 is 0 Å². The molecule has 0 fully saturated rings. The van der Waals surface area contributed by atoms with Crippen LogP contribution in [0.1, 0.15) is 22.0 Å². The van der Waals surface area contributed by atoms with Gasteiger partial charge in [0, 0.05) is 33.8 Å². The predicted molar refractivity (Wildman–Crippen MR) is 101 cm³/mol. The Bertz CT molecular complexity index is 924. The number of carbonyl (C=O) groups excluding carboxylic acids is 2. The molecule has 27 heavy (non-hydrogen) atoms. The quantitative estimate of drug-likeness (QED) is 0.704. The Balaban J connectivity index is 2.35. The van der Waals surface area contributed by atoms with Crippen molar-refractivity contribution in [3.8, 4) is 0 Å². The summed E-state index contributed by atoms with van der Waals surface area (Å²) in [6.07, 6.45) is -1.12. The van der Waals surface area contributed by atoms with Gasteiger partial charge in [0.2, 0.25) is 16.1 Å². The van der Waals surface area contributed by atoms with E-state index in [2.05, 4.69) is 0 Å². The number of carbonyl (C=O) groups is 2. The summed E-state index contributed by atoms with van der Waals surface area (Å²) < 4.78 is 31.0. The number of esters is 1. The number of rotatable bonds is 6. The predicted octanol–water partition coefficient (Wildman–Crippen LogP) is 1.92. The molecule has 7 nitrogen and oxygen atoms in total. The van der Waals surface area contributed by atoms with Gasteiger partial charge in [-0.3, -0.25) is 4.79 Å². The molecule has 1 amide bonds. The lowest BCUT2D eigenvalue weighted by Gasteiger charge is -2.21. The monoisotopic (exact) mass is 390 g/mol. The highest BCUT2D eigenvalue weighted by Gasteiger charge is 2.27. The van der Waals surface area contributed by atoms with Crippen molar-refractivity contribution in [2.24, 2.45) is 0 Å². The molecule has 2 rings (SSSR count). The van der Waals surface area contributed by atoms with E-state index in [0.29, 0.717) is 5.56 Å². The molecule has 0 heterocycles. The van der Waals surface area contributed by atoms with Gasteiger partial charge in [0.25, 0.3) is 5.91 Å². The number of hydrogen-bond donors (Lipinski definition) is 0. The lowest BCUT2D eigenvalue weighted by Crippen LogP contribution is -2.31. The summed E-state index contributed by atoms with van der Waals surface area (Å²) in [6.45, 7) is 0. The second-order valence-electron chi connectivity index (χ2n) is 6.24. The smallest absolute Gasteiger partial charge is 0.339 e. The van der Waals surface area contributed by atoms with Crippen molar-refractivity contribution in [3.05, 3.63) is 65.7 Å². The third-order valence-corrected chi connectivity index (χ3v) is 5.65. The van der Waals surface area contributed by atoms with Crippen molar-refractivity contribution in [1.82, 2.24) is 9.21 Å².